The summed E-state index contributed by atoms with van der Waals surface area (Å²) in [6.07, 6.45) is 0. The Morgan fingerprint density at radius 2 is 2.06 bits per heavy atom. The molecule has 2 heterocycles. The van der Waals surface area contributed by atoms with E-state index in [1.54, 1.807) is 0 Å². The Bertz CT molecular complexity index is 366. The lowest BCUT2D eigenvalue weighted by Crippen LogP contribution is -2.42. The molecule has 1 aliphatic heterocycles. The molecule has 2 N–H and O–H groups in total. The van der Waals surface area contributed by atoms with Gasteiger partial charge in [-0.2, -0.15) is 0 Å². The molecule has 0 aliphatic carbocycles. The molecule has 0 saturated carbocycles. The minimum atomic E-state index is 0.378. The quantitative estimate of drug-likeness (QED) is 0.824. The van der Waals surface area contributed by atoms with Gasteiger partial charge in [-0.05, 0) is 19.1 Å². The van der Waals surface area contributed by atoms with Crippen molar-refractivity contribution in [1.82, 2.24) is 9.88 Å². The fourth-order valence-corrected chi connectivity index (χ4v) is 2.12. The monoisotopic (exact) mass is 250 g/mol. The van der Waals surface area contributed by atoms with Gasteiger partial charge in [-0.3, -0.25) is 4.90 Å². The molecule has 5 heteroatoms. The second-order valence-electron chi connectivity index (χ2n) is 4.62. The summed E-state index contributed by atoms with van der Waals surface area (Å²) >= 11 is 0. The van der Waals surface area contributed by atoms with Crippen molar-refractivity contribution in [2.45, 2.75) is 13.0 Å². The molecule has 1 saturated heterocycles. The molecule has 0 amide bonds. The predicted molar refractivity (Wildman–Crippen MR) is 74.1 cm³/mol. The van der Waals surface area contributed by atoms with Crippen LogP contribution in [0.5, 0.6) is 0 Å². The number of ether oxygens (including phenoxy) is 1. The Kier molecular flexibility index (Phi) is 4.78. The molecular weight excluding hydrogens is 228 g/mol. The molecule has 5 nitrogen and oxygen atoms in total. The van der Waals surface area contributed by atoms with E-state index in [-0.39, 0.29) is 0 Å². The third-order valence-corrected chi connectivity index (χ3v) is 3.04. The van der Waals surface area contributed by atoms with E-state index in [9.17, 15) is 0 Å². The number of pyridine rings is 1. The van der Waals surface area contributed by atoms with Crippen molar-refractivity contribution in [1.29, 1.82) is 0 Å². The van der Waals surface area contributed by atoms with Gasteiger partial charge in [0.25, 0.3) is 0 Å². The van der Waals surface area contributed by atoms with Crippen molar-refractivity contribution in [2.75, 3.05) is 50.5 Å². The number of nitrogens with one attached hydrogen (secondary N) is 2. The largest absolute Gasteiger partial charge is 0.379 e. The third kappa shape index (κ3) is 3.85. The fraction of sp³-hybridized carbons (Fsp3) is 0.615. The first-order chi connectivity index (χ1) is 8.78. The van der Waals surface area contributed by atoms with Gasteiger partial charge < -0.3 is 15.4 Å². The normalized spacial score (nSPS) is 18.3. The first-order valence-corrected chi connectivity index (χ1v) is 6.49. The van der Waals surface area contributed by atoms with Gasteiger partial charge in [0.1, 0.15) is 11.6 Å². The molecule has 18 heavy (non-hydrogen) atoms. The highest BCUT2D eigenvalue weighted by Crippen LogP contribution is 2.10. The van der Waals surface area contributed by atoms with Crippen molar-refractivity contribution < 1.29 is 4.74 Å². The van der Waals surface area contributed by atoms with Crippen LogP contribution in [0.4, 0.5) is 11.6 Å². The van der Waals surface area contributed by atoms with E-state index >= 15 is 0 Å². The molecule has 100 valence electrons. The van der Waals surface area contributed by atoms with Crippen molar-refractivity contribution in [3.8, 4) is 0 Å². The zero-order chi connectivity index (χ0) is 12.8. The van der Waals surface area contributed by atoms with Gasteiger partial charge in [-0.15, -0.1) is 0 Å². The van der Waals surface area contributed by atoms with Crippen molar-refractivity contribution in [3.63, 3.8) is 0 Å². The van der Waals surface area contributed by atoms with Gasteiger partial charge >= 0.3 is 0 Å². The number of hydrogen-bond donors (Lipinski definition) is 2. The standard InChI is InChI=1S/C13H22N4O/c1-11(10-17-6-8-18-9-7-17)15-13-5-3-4-12(14-2)16-13/h3-5,11H,6-10H2,1-2H3,(H2,14,15,16). The van der Waals surface area contributed by atoms with E-state index in [2.05, 4.69) is 27.4 Å². The summed E-state index contributed by atoms with van der Waals surface area (Å²) in [7, 11) is 1.88. The molecule has 1 atom stereocenters. The van der Waals surface area contributed by atoms with Gasteiger partial charge in [0.05, 0.1) is 13.2 Å². The van der Waals surface area contributed by atoms with E-state index < -0.39 is 0 Å². The summed E-state index contributed by atoms with van der Waals surface area (Å²) in [5.41, 5.74) is 0. The molecule has 2 rings (SSSR count). The lowest BCUT2D eigenvalue weighted by atomic mass is 10.3. The predicted octanol–water partition coefficient (Wildman–Crippen LogP) is 1.26. The van der Waals surface area contributed by atoms with Crippen molar-refractivity contribution in [3.05, 3.63) is 18.2 Å². The maximum atomic E-state index is 5.35. The summed E-state index contributed by atoms with van der Waals surface area (Å²) in [5.74, 6) is 1.81. The smallest absolute Gasteiger partial charge is 0.128 e. The molecule has 0 spiro atoms. The maximum Gasteiger partial charge on any atom is 0.128 e. The van der Waals surface area contributed by atoms with Crippen LogP contribution in [0.3, 0.4) is 0 Å². The second kappa shape index (κ2) is 6.56. The Balaban J connectivity index is 1.83. The molecule has 1 aromatic heterocycles. The van der Waals surface area contributed by atoms with Crippen LogP contribution < -0.4 is 10.6 Å². The summed E-state index contributed by atoms with van der Waals surface area (Å²) in [6.45, 7) is 6.95. The van der Waals surface area contributed by atoms with Crippen molar-refractivity contribution >= 4 is 11.6 Å². The number of nitrogens with zero attached hydrogens (tertiary/aromatic N) is 2. The third-order valence-electron chi connectivity index (χ3n) is 3.04. The van der Waals surface area contributed by atoms with E-state index in [4.69, 9.17) is 4.74 Å². The van der Waals surface area contributed by atoms with Crippen LogP contribution in [0.2, 0.25) is 0 Å². The number of hydrogen-bond acceptors (Lipinski definition) is 5. The molecule has 0 bridgehead atoms. The number of morpholine rings is 1. The number of rotatable bonds is 5. The van der Waals surface area contributed by atoms with Crippen LogP contribution >= 0.6 is 0 Å². The molecule has 1 fully saturated rings. The van der Waals surface area contributed by atoms with Gasteiger partial charge in [-0.25, -0.2) is 4.98 Å². The van der Waals surface area contributed by atoms with E-state index in [0.29, 0.717) is 6.04 Å². The maximum absolute atomic E-state index is 5.35. The van der Waals surface area contributed by atoms with E-state index in [0.717, 1.165) is 44.5 Å². The number of anilines is 2. The Morgan fingerprint density at radius 1 is 1.33 bits per heavy atom. The zero-order valence-corrected chi connectivity index (χ0v) is 11.1. The molecule has 1 aliphatic rings. The average Bonchev–Trinajstić information content (AvgIpc) is 2.40. The lowest BCUT2D eigenvalue weighted by Gasteiger charge is -2.29. The van der Waals surface area contributed by atoms with Crippen LogP contribution in [0.25, 0.3) is 0 Å². The summed E-state index contributed by atoms with van der Waals surface area (Å²) < 4.78 is 5.35. The first-order valence-electron chi connectivity index (χ1n) is 6.49. The minimum absolute atomic E-state index is 0.378. The van der Waals surface area contributed by atoms with Gasteiger partial charge in [-0.1, -0.05) is 6.07 Å². The van der Waals surface area contributed by atoms with Gasteiger partial charge in [0.2, 0.25) is 0 Å². The van der Waals surface area contributed by atoms with Crippen LogP contribution in [0.1, 0.15) is 6.92 Å². The molecular formula is C13H22N4O. The highest BCUT2D eigenvalue weighted by molar-refractivity contribution is 5.45. The Hall–Kier alpha value is -1.33. The topological polar surface area (TPSA) is 49.4 Å². The fourth-order valence-electron chi connectivity index (χ4n) is 2.12. The summed E-state index contributed by atoms with van der Waals surface area (Å²) in [5, 5.41) is 6.47. The highest BCUT2D eigenvalue weighted by atomic mass is 16.5. The van der Waals surface area contributed by atoms with Crippen LogP contribution in [0, 0.1) is 0 Å². The van der Waals surface area contributed by atoms with Gasteiger partial charge in [0.15, 0.2) is 0 Å². The minimum Gasteiger partial charge on any atom is -0.379 e. The number of aromatic nitrogens is 1. The SMILES string of the molecule is CNc1cccc(NC(C)CN2CCOCC2)n1. The second-order valence-corrected chi connectivity index (χ2v) is 4.62. The summed E-state index contributed by atoms with van der Waals surface area (Å²) in [4.78, 5) is 6.88. The zero-order valence-electron chi connectivity index (χ0n) is 11.1. The Labute approximate surface area is 109 Å². The van der Waals surface area contributed by atoms with E-state index in [1.165, 1.54) is 0 Å². The highest BCUT2D eigenvalue weighted by Gasteiger charge is 2.13. The lowest BCUT2D eigenvalue weighted by molar-refractivity contribution is 0.0368. The first kappa shape index (κ1) is 13.1. The van der Waals surface area contributed by atoms with Crippen LogP contribution in [0.15, 0.2) is 18.2 Å². The molecule has 0 radical (unpaired) electrons. The van der Waals surface area contributed by atoms with Crippen molar-refractivity contribution in [2.24, 2.45) is 0 Å². The van der Waals surface area contributed by atoms with E-state index in [1.807, 2.05) is 25.2 Å². The molecule has 1 unspecified atom stereocenters. The molecule has 0 aromatic carbocycles. The van der Waals surface area contributed by atoms with Gasteiger partial charge in [0, 0.05) is 32.7 Å². The Morgan fingerprint density at radius 3 is 2.78 bits per heavy atom. The molecule has 1 aromatic rings. The summed E-state index contributed by atoms with van der Waals surface area (Å²) in [6, 6.07) is 6.33. The van der Waals surface area contributed by atoms with Crippen LogP contribution in [-0.4, -0.2) is 55.8 Å². The van der Waals surface area contributed by atoms with Crippen LogP contribution in [-0.2, 0) is 4.74 Å². The average molecular weight is 250 g/mol.